The molecule has 0 amide bonds. The Morgan fingerprint density at radius 3 is 2.34 bits per heavy atom. The average Bonchev–Trinajstić information content (AvgIpc) is 3.63. The Kier molecular flexibility index (Phi) is 8.76. The number of hydrogen-bond acceptors (Lipinski definition) is 8. The van der Waals surface area contributed by atoms with Crippen molar-refractivity contribution in [1.29, 1.82) is 10.7 Å². The highest BCUT2D eigenvalue weighted by atomic mass is 16.5. The number of para-hydroxylation sites is 1. The number of rotatable bonds is 8. The molecule has 210 valence electrons. The van der Waals surface area contributed by atoms with Gasteiger partial charge in [0.1, 0.15) is 29.5 Å². The highest BCUT2D eigenvalue weighted by Gasteiger charge is 2.40. The highest BCUT2D eigenvalue weighted by Crippen LogP contribution is 2.39. The van der Waals surface area contributed by atoms with E-state index in [2.05, 4.69) is 39.9 Å². The maximum atomic E-state index is 8.82. The second-order valence-corrected chi connectivity index (χ2v) is 11.1. The van der Waals surface area contributed by atoms with Crippen LogP contribution in [0, 0.1) is 34.5 Å². The van der Waals surface area contributed by atoms with Crippen molar-refractivity contribution in [1.82, 2.24) is 14.9 Å². The van der Waals surface area contributed by atoms with Crippen molar-refractivity contribution >= 4 is 17.3 Å². The summed E-state index contributed by atoms with van der Waals surface area (Å²) >= 11 is 0. The lowest BCUT2D eigenvalue weighted by Gasteiger charge is -2.19. The van der Waals surface area contributed by atoms with E-state index in [0.29, 0.717) is 40.6 Å². The van der Waals surface area contributed by atoms with Crippen LogP contribution in [0.4, 0.5) is 11.6 Å². The summed E-state index contributed by atoms with van der Waals surface area (Å²) in [5, 5.41) is 20.8. The van der Waals surface area contributed by atoms with Crippen molar-refractivity contribution in [3.8, 4) is 17.6 Å². The third-order valence-corrected chi connectivity index (χ3v) is 7.91. The Bertz CT molecular complexity index is 1430. The van der Waals surface area contributed by atoms with Crippen LogP contribution in [0.1, 0.15) is 36.8 Å². The molecule has 1 aliphatic heterocycles. The summed E-state index contributed by atoms with van der Waals surface area (Å²) in [5.74, 6) is 4.59. The molecule has 0 radical (unpaired) electrons. The number of nitriles is 1. The molecule has 2 unspecified atom stereocenters. The summed E-state index contributed by atoms with van der Waals surface area (Å²) in [7, 11) is 2.20. The summed E-state index contributed by atoms with van der Waals surface area (Å²) < 4.78 is 5.86. The zero-order valence-corrected chi connectivity index (χ0v) is 23.5. The molecule has 0 bridgehead atoms. The quantitative estimate of drug-likeness (QED) is 0.178. The second kappa shape index (κ2) is 12.8. The fraction of sp³-hybridized carbons (Fsp3) is 0.333. The summed E-state index contributed by atoms with van der Waals surface area (Å²) in [4.78, 5) is 11.0. The number of nitrogen functional groups attached to an aromatic ring is 1. The topological polar surface area (TPSA) is 124 Å². The van der Waals surface area contributed by atoms with E-state index in [-0.39, 0.29) is 0 Å². The molecule has 41 heavy (non-hydrogen) atoms. The number of benzene rings is 2. The standard InChI is InChI=1S/C25H28N6O.C8H9N/c1-31-13-17-11-19(12-18(17)14-31)30-25-22(24(27)28-15-29-25)23(26)16-7-9-21(10-8-16)32-20-5-3-2-4-6-20;1-2-7(6-9)5-8-3-4-8/h2-10,15,17-19,26H,11-14H2,1H3,(H3,27,28,29,30);2,5,8H,1,3-4H2/b;7-5-. The van der Waals surface area contributed by atoms with E-state index in [9.17, 15) is 0 Å². The molecule has 2 saturated carbocycles. The monoisotopic (exact) mass is 547 g/mol. The van der Waals surface area contributed by atoms with Crippen LogP contribution in [0.15, 0.2) is 85.2 Å². The largest absolute Gasteiger partial charge is 0.457 e. The number of nitrogens with zero attached hydrogens (tertiary/aromatic N) is 4. The Hall–Kier alpha value is -4.48. The number of ether oxygens (including phenoxy) is 1. The Morgan fingerprint density at radius 2 is 1.73 bits per heavy atom. The third-order valence-electron chi connectivity index (χ3n) is 7.91. The van der Waals surface area contributed by atoms with Crippen LogP contribution in [0.25, 0.3) is 0 Å². The van der Waals surface area contributed by atoms with E-state index in [0.717, 1.165) is 54.7 Å². The fourth-order valence-corrected chi connectivity index (χ4v) is 5.73. The van der Waals surface area contributed by atoms with Gasteiger partial charge in [-0.05, 0) is 86.9 Å². The first-order valence-corrected chi connectivity index (χ1v) is 14.2. The summed E-state index contributed by atoms with van der Waals surface area (Å²) in [6, 6.07) is 19.5. The third kappa shape index (κ3) is 7.19. The predicted molar refractivity (Wildman–Crippen MR) is 163 cm³/mol. The molecule has 0 spiro atoms. The molecule has 3 fully saturated rings. The molecular formula is C33H37N7O. The molecule has 1 saturated heterocycles. The average molecular weight is 548 g/mol. The molecule has 8 heteroatoms. The number of aromatic nitrogens is 2. The van der Waals surface area contributed by atoms with Crippen LogP contribution in [-0.2, 0) is 0 Å². The SMILES string of the molecule is C=C/C(C#N)=C/C1CC1.CN1CC2CC(Nc3ncnc(N)c3C(=N)c3ccc(Oc4ccccc4)cc3)CC2C1. The first-order valence-electron chi connectivity index (χ1n) is 14.2. The van der Waals surface area contributed by atoms with Crippen LogP contribution in [-0.4, -0.2) is 46.8 Å². The molecular weight excluding hydrogens is 510 g/mol. The lowest BCUT2D eigenvalue weighted by Crippen LogP contribution is -2.24. The van der Waals surface area contributed by atoms with Crippen LogP contribution >= 0.6 is 0 Å². The summed E-state index contributed by atoms with van der Waals surface area (Å²) in [6.07, 6.45) is 9.81. The first-order chi connectivity index (χ1) is 19.9. The predicted octanol–water partition coefficient (Wildman–Crippen LogP) is 6.05. The number of hydrogen-bond donors (Lipinski definition) is 3. The van der Waals surface area contributed by atoms with Gasteiger partial charge in [0.25, 0.3) is 0 Å². The number of fused-ring (bicyclic) bond motifs is 1. The molecule has 4 N–H and O–H groups in total. The second-order valence-electron chi connectivity index (χ2n) is 11.1. The fourth-order valence-electron chi connectivity index (χ4n) is 5.73. The first kappa shape index (κ1) is 28.1. The molecule has 6 rings (SSSR count). The Balaban J connectivity index is 0.000000321. The molecule has 3 aromatic rings. The number of likely N-dealkylation sites (tertiary alicyclic amines) is 1. The van der Waals surface area contributed by atoms with Crippen LogP contribution in [0.5, 0.6) is 11.5 Å². The van der Waals surface area contributed by atoms with Gasteiger partial charge in [0.2, 0.25) is 0 Å². The zero-order chi connectivity index (χ0) is 28.8. The maximum absolute atomic E-state index is 8.82. The van der Waals surface area contributed by atoms with Gasteiger partial charge in [0.15, 0.2) is 0 Å². The maximum Gasteiger partial charge on any atom is 0.141 e. The molecule has 2 aliphatic carbocycles. The van der Waals surface area contributed by atoms with Gasteiger partial charge in [-0.1, -0.05) is 36.9 Å². The van der Waals surface area contributed by atoms with Gasteiger partial charge in [-0.2, -0.15) is 5.26 Å². The van der Waals surface area contributed by atoms with Crippen molar-refractivity contribution in [2.45, 2.75) is 31.7 Å². The summed E-state index contributed by atoms with van der Waals surface area (Å²) in [5.41, 5.74) is 8.52. The lowest BCUT2D eigenvalue weighted by atomic mass is 10.0. The van der Waals surface area contributed by atoms with Crippen molar-refractivity contribution in [3.05, 3.63) is 96.4 Å². The van der Waals surface area contributed by atoms with Gasteiger partial charge in [-0.3, -0.25) is 5.41 Å². The van der Waals surface area contributed by atoms with Crippen LogP contribution in [0.2, 0.25) is 0 Å². The van der Waals surface area contributed by atoms with Gasteiger partial charge in [-0.15, -0.1) is 0 Å². The van der Waals surface area contributed by atoms with Gasteiger partial charge in [0.05, 0.1) is 17.3 Å². The van der Waals surface area contributed by atoms with E-state index < -0.39 is 0 Å². The van der Waals surface area contributed by atoms with E-state index in [1.807, 2.05) is 60.7 Å². The molecule has 3 aliphatic rings. The minimum Gasteiger partial charge on any atom is -0.457 e. The minimum absolute atomic E-state index is 0.301. The van der Waals surface area contributed by atoms with Gasteiger partial charge < -0.3 is 20.7 Å². The normalized spacial score (nSPS) is 21.7. The smallest absolute Gasteiger partial charge is 0.141 e. The van der Waals surface area contributed by atoms with Gasteiger partial charge >= 0.3 is 0 Å². The van der Waals surface area contributed by atoms with E-state index >= 15 is 0 Å². The highest BCUT2D eigenvalue weighted by molar-refractivity contribution is 6.16. The van der Waals surface area contributed by atoms with Gasteiger partial charge in [-0.25, -0.2) is 9.97 Å². The molecule has 1 aromatic heterocycles. The molecule has 2 heterocycles. The molecule has 2 aromatic carbocycles. The number of allylic oxidation sites excluding steroid dienone is 3. The molecule has 8 nitrogen and oxygen atoms in total. The number of nitrogens with one attached hydrogen (secondary N) is 2. The van der Waals surface area contributed by atoms with Crippen LogP contribution in [0.3, 0.4) is 0 Å². The Morgan fingerprint density at radius 1 is 1.07 bits per heavy atom. The lowest BCUT2D eigenvalue weighted by molar-refractivity contribution is 0.374. The summed E-state index contributed by atoms with van der Waals surface area (Å²) in [6.45, 7) is 5.84. The number of nitrogens with two attached hydrogens (primary N) is 1. The minimum atomic E-state index is 0.301. The van der Waals surface area contributed by atoms with Crippen molar-refractivity contribution in [3.63, 3.8) is 0 Å². The van der Waals surface area contributed by atoms with Crippen molar-refractivity contribution in [2.24, 2.45) is 17.8 Å². The number of anilines is 2. The zero-order valence-electron chi connectivity index (χ0n) is 23.5. The molecule has 2 atom stereocenters. The van der Waals surface area contributed by atoms with Crippen molar-refractivity contribution in [2.75, 3.05) is 31.2 Å². The van der Waals surface area contributed by atoms with E-state index in [1.165, 1.54) is 19.2 Å². The Labute approximate surface area is 242 Å². The van der Waals surface area contributed by atoms with Crippen LogP contribution < -0.4 is 15.8 Å². The van der Waals surface area contributed by atoms with E-state index in [4.69, 9.17) is 21.1 Å². The van der Waals surface area contributed by atoms with Gasteiger partial charge in [0, 0.05) is 30.3 Å². The van der Waals surface area contributed by atoms with E-state index in [1.54, 1.807) is 6.08 Å². The van der Waals surface area contributed by atoms with Crippen molar-refractivity contribution < 1.29 is 4.74 Å².